The number of rotatable bonds is 6. The molecule has 110 valence electrons. The van der Waals surface area contributed by atoms with E-state index in [-0.39, 0.29) is 17.1 Å². The molecule has 0 heterocycles. The molecule has 0 radical (unpaired) electrons. The van der Waals surface area contributed by atoms with E-state index in [0.717, 1.165) is 6.42 Å². The zero-order valence-corrected chi connectivity index (χ0v) is 12.3. The zero-order valence-electron chi connectivity index (χ0n) is 12.3. The summed E-state index contributed by atoms with van der Waals surface area (Å²) >= 11 is 0. The lowest BCUT2D eigenvalue weighted by molar-refractivity contribution is -0.384. The van der Waals surface area contributed by atoms with E-state index in [4.69, 9.17) is 0 Å². The highest BCUT2D eigenvalue weighted by molar-refractivity contribution is 5.96. The molecule has 0 aliphatic carbocycles. The molecule has 0 spiro atoms. The van der Waals surface area contributed by atoms with Crippen LogP contribution in [-0.4, -0.2) is 22.9 Å². The van der Waals surface area contributed by atoms with Gasteiger partial charge in [0.15, 0.2) is 0 Å². The number of nitro benzene ring substituents is 1. The summed E-state index contributed by atoms with van der Waals surface area (Å²) in [5.41, 5.74) is 0.282. The van der Waals surface area contributed by atoms with E-state index in [0.29, 0.717) is 17.8 Å². The van der Waals surface area contributed by atoms with Crippen LogP contribution in [0.15, 0.2) is 18.2 Å². The molecule has 6 nitrogen and oxygen atoms in total. The second kappa shape index (κ2) is 6.36. The van der Waals surface area contributed by atoms with E-state index in [1.54, 1.807) is 12.1 Å². The first-order valence-corrected chi connectivity index (χ1v) is 6.65. The summed E-state index contributed by atoms with van der Waals surface area (Å²) in [6.45, 7) is 8.22. The fourth-order valence-corrected chi connectivity index (χ4v) is 1.63. The molecule has 1 rings (SSSR count). The Kier molecular flexibility index (Phi) is 5.07. The van der Waals surface area contributed by atoms with Crippen molar-refractivity contribution in [3.05, 3.63) is 33.9 Å². The number of nitrogens with zero attached hydrogens (tertiary/aromatic N) is 1. The molecule has 6 heteroatoms. The minimum Gasteiger partial charge on any atom is -0.380 e. The van der Waals surface area contributed by atoms with Crippen molar-refractivity contribution < 1.29 is 9.72 Å². The van der Waals surface area contributed by atoms with Gasteiger partial charge in [0.2, 0.25) is 0 Å². The monoisotopic (exact) mass is 279 g/mol. The maximum absolute atomic E-state index is 12.1. The van der Waals surface area contributed by atoms with Crippen molar-refractivity contribution in [3.8, 4) is 0 Å². The van der Waals surface area contributed by atoms with Crippen LogP contribution < -0.4 is 10.6 Å². The summed E-state index contributed by atoms with van der Waals surface area (Å²) in [5, 5.41) is 16.8. The van der Waals surface area contributed by atoms with Crippen LogP contribution in [0.5, 0.6) is 0 Å². The van der Waals surface area contributed by atoms with Gasteiger partial charge in [-0.1, -0.05) is 6.92 Å². The molecule has 0 atom stereocenters. The number of carbonyl (C=O) groups excluding carboxylic acids is 1. The van der Waals surface area contributed by atoms with Crippen molar-refractivity contribution in [1.82, 2.24) is 5.32 Å². The molecule has 0 saturated heterocycles. The summed E-state index contributed by atoms with van der Waals surface area (Å²) in [7, 11) is 0. The van der Waals surface area contributed by atoms with Crippen molar-refractivity contribution in [2.45, 2.75) is 39.7 Å². The molecule has 0 aromatic heterocycles. The van der Waals surface area contributed by atoms with E-state index < -0.39 is 4.92 Å². The molecule has 0 unspecified atom stereocenters. The quantitative estimate of drug-likeness (QED) is 0.619. The Hall–Kier alpha value is -2.11. The second-order valence-electron chi connectivity index (χ2n) is 5.21. The highest BCUT2D eigenvalue weighted by Gasteiger charge is 2.21. The normalized spacial score (nSPS) is 11.0. The van der Waals surface area contributed by atoms with Gasteiger partial charge in [-0.3, -0.25) is 14.9 Å². The first-order valence-electron chi connectivity index (χ1n) is 6.65. The van der Waals surface area contributed by atoms with E-state index in [9.17, 15) is 14.9 Å². The molecule has 0 bridgehead atoms. The number of amides is 1. The average Bonchev–Trinajstić information content (AvgIpc) is 2.38. The molecule has 0 aliphatic rings. The van der Waals surface area contributed by atoms with Gasteiger partial charge in [-0.05, 0) is 39.3 Å². The minimum absolute atomic E-state index is 0.0891. The summed E-state index contributed by atoms with van der Waals surface area (Å²) in [5.74, 6) is -0.303. The van der Waals surface area contributed by atoms with E-state index >= 15 is 0 Å². The van der Waals surface area contributed by atoms with Gasteiger partial charge in [0.1, 0.15) is 5.69 Å². The molecule has 20 heavy (non-hydrogen) atoms. The number of anilines is 1. The van der Waals surface area contributed by atoms with Crippen molar-refractivity contribution in [2.75, 3.05) is 11.9 Å². The van der Waals surface area contributed by atoms with Gasteiger partial charge in [-0.25, -0.2) is 0 Å². The van der Waals surface area contributed by atoms with Crippen LogP contribution in [0.4, 0.5) is 11.4 Å². The number of benzene rings is 1. The van der Waals surface area contributed by atoms with Gasteiger partial charge in [0.05, 0.1) is 4.92 Å². The van der Waals surface area contributed by atoms with Gasteiger partial charge < -0.3 is 10.6 Å². The van der Waals surface area contributed by atoms with Crippen molar-refractivity contribution in [2.24, 2.45) is 0 Å². The third-order valence-corrected chi connectivity index (χ3v) is 3.16. The van der Waals surface area contributed by atoms with Crippen LogP contribution in [0.3, 0.4) is 0 Å². The molecule has 2 N–H and O–H groups in total. The van der Waals surface area contributed by atoms with Crippen molar-refractivity contribution in [1.29, 1.82) is 0 Å². The number of hydrogen-bond acceptors (Lipinski definition) is 4. The Morgan fingerprint density at radius 2 is 2.00 bits per heavy atom. The molecular weight excluding hydrogens is 258 g/mol. The second-order valence-corrected chi connectivity index (χ2v) is 5.21. The van der Waals surface area contributed by atoms with E-state index in [2.05, 4.69) is 10.6 Å². The third kappa shape index (κ3) is 3.94. The van der Waals surface area contributed by atoms with Gasteiger partial charge >= 0.3 is 0 Å². The average molecular weight is 279 g/mol. The van der Waals surface area contributed by atoms with Crippen LogP contribution in [0.2, 0.25) is 0 Å². The fourth-order valence-electron chi connectivity index (χ4n) is 1.63. The molecule has 0 fully saturated rings. The first-order chi connectivity index (χ1) is 9.30. The first kappa shape index (κ1) is 15.9. The van der Waals surface area contributed by atoms with E-state index in [1.165, 1.54) is 6.07 Å². The van der Waals surface area contributed by atoms with Crippen LogP contribution in [-0.2, 0) is 0 Å². The molecular formula is C14H21N3O3. The number of nitrogens with one attached hydrogen (secondary N) is 2. The lowest BCUT2D eigenvalue weighted by atomic mass is 10.0. The van der Waals surface area contributed by atoms with Gasteiger partial charge in [0.25, 0.3) is 11.6 Å². The maximum Gasteiger partial charge on any atom is 0.293 e. The van der Waals surface area contributed by atoms with Crippen LogP contribution in [0, 0.1) is 10.1 Å². The highest BCUT2D eigenvalue weighted by Crippen LogP contribution is 2.25. The summed E-state index contributed by atoms with van der Waals surface area (Å²) in [4.78, 5) is 22.7. The fraction of sp³-hybridized carbons (Fsp3) is 0.500. The number of carbonyl (C=O) groups is 1. The molecule has 0 saturated carbocycles. The van der Waals surface area contributed by atoms with Gasteiger partial charge in [-0.2, -0.15) is 0 Å². The van der Waals surface area contributed by atoms with E-state index in [1.807, 2.05) is 27.7 Å². The largest absolute Gasteiger partial charge is 0.380 e. The van der Waals surface area contributed by atoms with Crippen LogP contribution >= 0.6 is 0 Å². The molecule has 0 aliphatic heterocycles. The van der Waals surface area contributed by atoms with Crippen LogP contribution in [0.25, 0.3) is 0 Å². The number of nitro groups is 1. The summed E-state index contributed by atoms with van der Waals surface area (Å²) in [6, 6.07) is 4.46. The van der Waals surface area contributed by atoms with Crippen LogP contribution in [0.1, 0.15) is 44.5 Å². The maximum atomic E-state index is 12.1. The zero-order chi connectivity index (χ0) is 15.3. The summed E-state index contributed by atoms with van der Waals surface area (Å²) < 4.78 is 0. The van der Waals surface area contributed by atoms with Crippen molar-refractivity contribution >= 4 is 17.3 Å². The van der Waals surface area contributed by atoms with Crippen molar-refractivity contribution in [3.63, 3.8) is 0 Å². The lowest BCUT2D eigenvalue weighted by Gasteiger charge is -2.24. The molecule has 1 aromatic carbocycles. The Morgan fingerprint density at radius 1 is 1.35 bits per heavy atom. The standard InChI is InChI=1S/C14H21N3O3/c1-5-14(3,4)16-13(18)10-7-8-11(15-6-2)12(9-10)17(19)20/h7-9,15H,5-6H2,1-4H3,(H,16,18). The Labute approximate surface area is 118 Å². The Balaban J connectivity index is 3.06. The number of hydrogen-bond donors (Lipinski definition) is 2. The predicted molar refractivity (Wildman–Crippen MR) is 79.1 cm³/mol. The minimum atomic E-state index is -0.486. The lowest BCUT2D eigenvalue weighted by Crippen LogP contribution is -2.42. The van der Waals surface area contributed by atoms with Gasteiger partial charge in [-0.15, -0.1) is 0 Å². The topological polar surface area (TPSA) is 84.3 Å². The highest BCUT2D eigenvalue weighted by atomic mass is 16.6. The molecule has 1 aromatic rings. The summed E-state index contributed by atoms with van der Waals surface area (Å²) in [6.07, 6.45) is 0.774. The third-order valence-electron chi connectivity index (χ3n) is 3.16. The SMILES string of the molecule is CCNc1ccc(C(=O)NC(C)(C)CC)cc1[N+](=O)[O-]. The van der Waals surface area contributed by atoms with Gasteiger partial charge in [0, 0.05) is 23.7 Å². The smallest absolute Gasteiger partial charge is 0.293 e. The molecule has 1 amide bonds. The Bertz CT molecular complexity index is 512. The Morgan fingerprint density at radius 3 is 2.50 bits per heavy atom. The predicted octanol–water partition coefficient (Wildman–Crippen LogP) is 2.95.